The Labute approximate surface area is 130 Å². The van der Waals surface area contributed by atoms with E-state index in [-0.39, 0.29) is 5.41 Å². The fraction of sp³-hybridized carbons (Fsp3) is 0.533. The van der Waals surface area contributed by atoms with Crippen LogP contribution in [0, 0.1) is 0 Å². The lowest BCUT2D eigenvalue weighted by Gasteiger charge is -2.10. The normalized spacial score (nSPS) is 12.5. The largest absolute Gasteiger partial charge is 0.467 e. The number of nitrogens with one attached hydrogen (secondary N) is 2. The highest BCUT2D eigenvalue weighted by atomic mass is 16.5. The van der Waals surface area contributed by atoms with Gasteiger partial charge in [-0.15, -0.1) is 0 Å². The Balaban J connectivity index is 1.95. The number of hydrogen-bond acceptors (Lipinski definition) is 5. The van der Waals surface area contributed by atoms with E-state index in [9.17, 15) is 0 Å². The zero-order valence-electron chi connectivity index (χ0n) is 13.5. The van der Waals surface area contributed by atoms with Crippen LogP contribution in [0.25, 0.3) is 0 Å². The van der Waals surface area contributed by atoms with Crippen LogP contribution >= 0.6 is 0 Å². The average molecular weight is 305 g/mol. The van der Waals surface area contributed by atoms with E-state index in [4.69, 9.17) is 8.94 Å². The molecule has 0 bridgehead atoms. The van der Waals surface area contributed by atoms with Crippen LogP contribution < -0.4 is 10.6 Å². The molecule has 0 aliphatic carbocycles. The van der Waals surface area contributed by atoms with E-state index in [0.29, 0.717) is 30.8 Å². The molecule has 2 aromatic heterocycles. The standard InChI is InChI=1S/C15H23N5O2/c1-5-16-14(17-9-11-7-6-8-21-11)18-10-12-19-13(22-20-12)15(2,3)4/h6-8H,5,9-10H2,1-4H3,(H2,16,17,18). The first-order valence-electron chi connectivity index (χ1n) is 7.36. The maximum atomic E-state index is 5.28. The molecular weight excluding hydrogens is 282 g/mol. The third kappa shape index (κ3) is 4.61. The summed E-state index contributed by atoms with van der Waals surface area (Å²) in [7, 11) is 0. The smallest absolute Gasteiger partial charge is 0.232 e. The van der Waals surface area contributed by atoms with Crippen molar-refractivity contribution in [1.82, 2.24) is 20.8 Å². The molecule has 0 aliphatic rings. The van der Waals surface area contributed by atoms with Crippen LogP contribution in [0.5, 0.6) is 0 Å². The van der Waals surface area contributed by atoms with Crippen molar-refractivity contribution in [3.8, 4) is 0 Å². The molecule has 7 nitrogen and oxygen atoms in total. The summed E-state index contributed by atoms with van der Waals surface area (Å²) in [6.07, 6.45) is 1.65. The van der Waals surface area contributed by atoms with Crippen LogP contribution in [-0.4, -0.2) is 22.6 Å². The van der Waals surface area contributed by atoms with Crippen molar-refractivity contribution in [2.24, 2.45) is 4.99 Å². The molecule has 22 heavy (non-hydrogen) atoms. The number of furan rings is 1. The Morgan fingerprint density at radius 2 is 2.14 bits per heavy atom. The summed E-state index contributed by atoms with van der Waals surface area (Å²) in [6, 6.07) is 3.76. The van der Waals surface area contributed by atoms with E-state index in [1.165, 1.54) is 0 Å². The lowest BCUT2D eigenvalue weighted by molar-refractivity contribution is 0.318. The highest BCUT2D eigenvalue weighted by Crippen LogP contribution is 2.19. The van der Waals surface area contributed by atoms with Gasteiger partial charge < -0.3 is 19.6 Å². The van der Waals surface area contributed by atoms with Gasteiger partial charge in [0.05, 0.1) is 12.8 Å². The monoisotopic (exact) mass is 305 g/mol. The van der Waals surface area contributed by atoms with Gasteiger partial charge in [-0.25, -0.2) is 4.99 Å². The van der Waals surface area contributed by atoms with E-state index >= 15 is 0 Å². The molecule has 0 atom stereocenters. The lowest BCUT2D eigenvalue weighted by atomic mass is 9.97. The van der Waals surface area contributed by atoms with Crippen LogP contribution in [0.2, 0.25) is 0 Å². The molecule has 2 rings (SSSR count). The maximum absolute atomic E-state index is 5.28. The number of aromatic nitrogens is 2. The van der Waals surface area contributed by atoms with Crippen molar-refractivity contribution in [2.45, 2.75) is 46.2 Å². The minimum Gasteiger partial charge on any atom is -0.467 e. The molecule has 0 radical (unpaired) electrons. The van der Waals surface area contributed by atoms with E-state index in [1.54, 1.807) is 6.26 Å². The predicted molar refractivity (Wildman–Crippen MR) is 83.4 cm³/mol. The second-order valence-corrected chi connectivity index (χ2v) is 5.89. The molecular formula is C15H23N5O2. The van der Waals surface area contributed by atoms with Crippen molar-refractivity contribution in [1.29, 1.82) is 0 Å². The third-order valence-electron chi connectivity index (χ3n) is 2.84. The fourth-order valence-corrected chi connectivity index (χ4v) is 1.70. The lowest BCUT2D eigenvalue weighted by Crippen LogP contribution is -2.36. The van der Waals surface area contributed by atoms with E-state index in [2.05, 4.69) is 25.8 Å². The van der Waals surface area contributed by atoms with Gasteiger partial charge in [-0.1, -0.05) is 25.9 Å². The highest BCUT2D eigenvalue weighted by molar-refractivity contribution is 5.79. The van der Waals surface area contributed by atoms with Crippen molar-refractivity contribution in [3.05, 3.63) is 35.9 Å². The van der Waals surface area contributed by atoms with Gasteiger partial charge in [-0.2, -0.15) is 4.98 Å². The minimum absolute atomic E-state index is 0.156. The molecule has 0 amide bonds. The number of rotatable bonds is 5. The first kappa shape index (κ1) is 16.1. The van der Waals surface area contributed by atoms with Crippen LogP contribution in [-0.2, 0) is 18.5 Å². The van der Waals surface area contributed by atoms with Gasteiger partial charge in [0.1, 0.15) is 12.3 Å². The Morgan fingerprint density at radius 3 is 2.73 bits per heavy atom. The van der Waals surface area contributed by atoms with E-state index < -0.39 is 0 Å². The number of guanidine groups is 1. The zero-order valence-corrected chi connectivity index (χ0v) is 13.5. The topological polar surface area (TPSA) is 88.5 Å². The second kappa shape index (κ2) is 7.11. The van der Waals surface area contributed by atoms with Crippen LogP contribution in [0.1, 0.15) is 45.2 Å². The van der Waals surface area contributed by atoms with Crippen molar-refractivity contribution in [3.63, 3.8) is 0 Å². The fourth-order valence-electron chi connectivity index (χ4n) is 1.70. The quantitative estimate of drug-likeness (QED) is 0.650. The summed E-state index contributed by atoms with van der Waals surface area (Å²) in [4.78, 5) is 8.81. The molecule has 120 valence electrons. The third-order valence-corrected chi connectivity index (χ3v) is 2.84. The zero-order chi connectivity index (χ0) is 16.0. The number of aliphatic imine (C=N–C) groups is 1. The van der Waals surface area contributed by atoms with Gasteiger partial charge in [0, 0.05) is 12.0 Å². The summed E-state index contributed by atoms with van der Waals surface area (Å²) in [5, 5.41) is 10.3. The molecule has 0 aliphatic heterocycles. The maximum Gasteiger partial charge on any atom is 0.232 e. The number of nitrogens with zero attached hydrogens (tertiary/aromatic N) is 3. The SMILES string of the molecule is CCNC(=NCc1noc(C(C)(C)C)n1)NCc1ccco1. The molecule has 7 heteroatoms. The van der Waals surface area contributed by atoms with Gasteiger partial charge in [0.25, 0.3) is 0 Å². The van der Waals surface area contributed by atoms with Crippen molar-refractivity contribution in [2.75, 3.05) is 6.54 Å². The molecule has 2 heterocycles. The van der Waals surface area contributed by atoms with Crippen LogP contribution in [0.15, 0.2) is 32.3 Å². The number of hydrogen-bond donors (Lipinski definition) is 2. The highest BCUT2D eigenvalue weighted by Gasteiger charge is 2.21. The van der Waals surface area contributed by atoms with E-state index in [0.717, 1.165) is 12.3 Å². The average Bonchev–Trinajstić information content (AvgIpc) is 3.12. The molecule has 2 N–H and O–H groups in total. The van der Waals surface area contributed by atoms with E-state index in [1.807, 2.05) is 39.8 Å². The summed E-state index contributed by atoms with van der Waals surface area (Å²) < 4.78 is 10.5. The molecule has 0 fully saturated rings. The molecule has 0 saturated heterocycles. The molecule has 0 spiro atoms. The summed E-state index contributed by atoms with van der Waals surface area (Å²) in [6.45, 7) is 9.79. The Morgan fingerprint density at radius 1 is 1.32 bits per heavy atom. The molecule has 0 unspecified atom stereocenters. The van der Waals surface area contributed by atoms with Gasteiger partial charge in [-0.3, -0.25) is 0 Å². The first-order chi connectivity index (χ1) is 10.5. The summed E-state index contributed by atoms with van der Waals surface area (Å²) >= 11 is 0. The second-order valence-electron chi connectivity index (χ2n) is 5.89. The van der Waals surface area contributed by atoms with Crippen molar-refractivity contribution >= 4 is 5.96 Å². The molecule has 0 aromatic carbocycles. The first-order valence-corrected chi connectivity index (χ1v) is 7.36. The Hall–Kier alpha value is -2.31. The molecule has 2 aromatic rings. The minimum atomic E-state index is -0.156. The van der Waals surface area contributed by atoms with Gasteiger partial charge >= 0.3 is 0 Å². The van der Waals surface area contributed by atoms with Gasteiger partial charge in [0.15, 0.2) is 11.8 Å². The van der Waals surface area contributed by atoms with Crippen LogP contribution in [0.3, 0.4) is 0 Å². The summed E-state index contributed by atoms with van der Waals surface area (Å²) in [5.74, 6) is 2.72. The Kier molecular flexibility index (Phi) is 5.19. The molecule has 0 saturated carbocycles. The van der Waals surface area contributed by atoms with Crippen LogP contribution in [0.4, 0.5) is 0 Å². The Bertz CT molecular complexity index is 596. The predicted octanol–water partition coefficient (Wildman–Crippen LogP) is 2.22. The summed E-state index contributed by atoms with van der Waals surface area (Å²) in [5.41, 5.74) is -0.156. The van der Waals surface area contributed by atoms with Gasteiger partial charge in [-0.05, 0) is 19.1 Å². The van der Waals surface area contributed by atoms with Crippen molar-refractivity contribution < 1.29 is 8.94 Å². The van der Waals surface area contributed by atoms with Gasteiger partial charge in [0.2, 0.25) is 5.89 Å².